The van der Waals surface area contributed by atoms with E-state index in [1.54, 1.807) is 12.1 Å². The first kappa shape index (κ1) is 21.5. The Morgan fingerprint density at radius 3 is 2.36 bits per heavy atom. The van der Waals surface area contributed by atoms with E-state index in [1.807, 2.05) is 57.2 Å². The lowest BCUT2D eigenvalue weighted by molar-refractivity contribution is -0.117. The van der Waals surface area contributed by atoms with E-state index in [2.05, 4.69) is 21.2 Å². The van der Waals surface area contributed by atoms with Gasteiger partial charge < -0.3 is 14.8 Å². The van der Waals surface area contributed by atoms with Gasteiger partial charge in [0.2, 0.25) is 0 Å². The highest BCUT2D eigenvalue weighted by Gasteiger charge is 2.16. The summed E-state index contributed by atoms with van der Waals surface area (Å²) >= 11 is 3.48. The van der Waals surface area contributed by atoms with Crippen molar-refractivity contribution in [3.05, 3.63) is 63.6 Å². The highest BCUT2D eigenvalue weighted by atomic mass is 79.9. The number of halogens is 1. The Kier molecular flexibility index (Phi) is 8.09. The second-order valence-corrected chi connectivity index (χ2v) is 6.82. The number of hydrogen-bond donors (Lipinski definition) is 1. The van der Waals surface area contributed by atoms with E-state index in [4.69, 9.17) is 9.47 Å². The van der Waals surface area contributed by atoms with Crippen molar-refractivity contribution in [2.45, 2.75) is 26.8 Å². The van der Waals surface area contributed by atoms with Gasteiger partial charge in [0.05, 0.1) is 19.3 Å². The van der Waals surface area contributed by atoms with Crippen LogP contribution in [0.5, 0.6) is 11.5 Å². The van der Waals surface area contributed by atoms with Crippen molar-refractivity contribution in [1.29, 1.82) is 5.26 Å². The molecule has 1 amide bonds. The van der Waals surface area contributed by atoms with Crippen molar-refractivity contribution in [1.82, 2.24) is 5.32 Å². The predicted octanol–water partition coefficient (Wildman–Crippen LogP) is 5.03. The van der Waals surface area contributed by atoms with Gasteiger partial charge in [-0.05, 0) is 50.1 Å². The van der Waals surface area contributed by atoms with E-state index in [0.29, 0.717) is 34.7 Å². The molecule has 0 fully saturated rings. The largest absolute Gasteiger partial charge is 0.490 e. The number of rotatable bonds is 8. The highest BCUT2D eigenvalue weighted by molar-refractivity contribution is 9.10. The first-order valence-electron chi connectivity index (χ1n) is 9.06. The minimum Gasteiger partial charge on any atom is -0.490 e. The second-order valence-electron chi connectivity index (χ2n) is 5.96. The van der Waals surface area contributed by atoms with Gasteiger partial charge in [0.1, 0.15) is 11.6 Å². The van der Waals surface area contributed by atoms with Crippen molar-refractivity contribution in [2.24, 2.45) is 0 Å². The van der Waals surface area contributed by atoms with Crippen LogP contribution in [-0.2, 0) is 4.79 Å². The molecule has 0 aromatic heterocycles. The number of ether oxygens (including phenoxy) is 2. The number of nitrogens with one attached hydrogen (secondary N) is 1. The van der Waals surface area contributed by atoms with Crippen molar-refractivity contribution in [3.63, 3.8) is 0 Å². The summed E-state index contributed by atoms with van der Waals surface area (Å²) in [4.78, 5) is 12.6. The number of hydrogen-bond acceptors (Lipinski definition) is 4. The lowest BCUT2D eigenvalue weighted by atomic mass is 10.1. The number of nitrogens with zero attached hydrogens (tertiary/aromatic N) is 1. The first-order valence-corrected chi connectivity index (χ1v) is 9.86. The zero-order chi connectivity index (χ0) is 20.5. The molecule has 0 radical (unpaired) electrons. The third kappa shape index (κ3) is 5.61. The summed E-state index contributed by atoms with van der Waals surface area (Å²) in [5, 5.41) is 12.4. The number of benzene rings is 2. The minimum atomic E-state index is -0.433. The molecule has 146 valence electrons. The molecule has 1 atom stereocenters. The maximum Gasteiger partial charge on any atom is 0.262 e. The summed E-state index contributed by atoms with van der Waals surface area (Å²) in [7, 11) is 0. The van der Waals surface area contributed by atoms with Crippen LogP contribution in [0.25, 0.3) is 6.08 Å². The van der Waals surface area contributed by atoms with Crippen LogP contribution in [0.4, 0.5) is 0 Å². The van der Waals surface area contributed by atoms with Crippen LogP contribution in [0.3, 0.4) is 0 Å². The summed E-state index contributed by atoms with van der Waals surface area (Å²) in [5.41, 5.74) is 1.63. The lowest BCUT2D eigenvalue weighted by Gasteiger charge is -2.15. The third-order valence-electron chi connectivity index (χ3n) is 3.97. The molecule has 0 aliphatic rings. The predicted molar refractivity (Wildman–Crippen MR) is 113 cm³/mol. The highest BCUT2D eigenvalue weighted by Crippen LogP contribution is 2.35. The molecule has 0 aliphatic carbocycles. The van der Waals surface area contributed by atoms with Gasteiger partial charge in [-0.15, -0.1) is 0 Å². The summed E-state index contributed by atoms with van der Waals surface area (Å²) in [5.74, 6) is 0.737. The van der Waals surface area contributed by atoms with Gasteiger partial charge in [-0.1, -0.05) is 46.3 Å². The molecule has 0 bridgehead atoms. The number of carbonyl (C=O) groups is 1. The van der Waals surface area contributed by atoms with Crippen LogP contribution in [0.1, 0.15) is 37.9 Å². The summed E-state index contributed by atoms with van der Waals surface area (Å²) in [6.45, 7) is 6.63. The molecule has 0 unspecified atom stereocenters. The van der Waals surface area contributed by atoms with Crippen LogP contribution in [0.2, 0.25) is 0 Å². The van der Waals surface area contributed by atoms with E-state index in [-0.39, 0.29) is 11.6 Å². The molecule has 5 nitrogen and oxygen atoms in total. The van der Waals surface area contributed by atoms with Crippen LogP contribution < -0.4 is 14.8 Å². The third-order valence-corrected chi connectivity index (χ3v) is 4.66. The van der Waals surface area contributed by atoms with Crippen LogP contribution in [0, 0.1) is 11.3 Å². The normalized spacial score (nSPS) is 12.0. The van der Waals surface area contributed by atoms with Crippen molar-refractivity contribution in [2.75, 3.05) is 13.2 Å². The average Bonchev–Trinajstić information content (AvgIpc) is 2.69. The summed E-state index contributed by atoms with van der Waals surface area (Å²) in [6.07, 6.45) is 1.54. The molecule has 0 saturated carbocycles. The summed E-state index contributed by atoms with van der Waals surface area (Å²) in [6, 6.07) is 14.9. The molecule has 2 aromatic carbocycles. The number of nitriles is 1. The molecule has 2 rings (SSSR count). The fourth-order valence-corrected chi connectivity index (χ4v) is 3.04. The maximum atomic E-state index is 12.6. The standard InChI is InChI=1S/C22H23BrN2O3/c1-4-27-20-12-17(19(23)13-21(20)28-5-2)11-18(14-24)22(26)25-15(3)16-9-7-6-8-10-16/h6-13,15H,4-5H2,1-3H3,(H,25,26)/b18-11-/t15-/m1/s1. The minimum absolute atomic E-state index is 0.00934. The molecule has 0 spiro atoms. The summed E-state index contributed by atoms with van der Waals surface area (Å²) < 4.78 is 11.9. The van der Waals surface area contributed by atoms with Gasteiger partial charge in [0.15, 0.2) is 11.5 Å². The van der Waals surface area contributed by atoms with Crippen molar-refractivity contribution >= 4 is 27.9 Å². The zero-order valence-electron chi connectivity index (χ0n) is 16.2. The van der Waals surface area contributed by atoms with Gasteiger partial charge in [-0.3, -0.25) is 4.79 Å². The molecule has 0 saturated heterocycles. The van der Waals surface area contributed by atoms with Gasteiger partial charge in [0.25, 0.3) is 5.91 Å². The van der Waals surface area contributed by atoms with Crippen molar-refractivity contribution in [3.8, 4) is 17.6 Å². The maximum absolute atomic E-state index is 12.6. The van der Waals surface area contributed by atoms with Gasteiger partial charge >= 0.3 is 0 Å². The quantitative estimate of drug-likeness (QED) is 0.459. The van der Waals surface area contributed by atoms with Crippen LogP contribution >= 0.6 is 15.9 Å². The molecule has 1 N–H and O–H groups in total. The fourth-order valence-electron chi connectivity index (χ4n) is 2.60. The number of carbonyl (C=O) groups excluding carboxylic acids is 1. The van der Waals surface area contributed by atoms with Gasteiger partial charge in [-0.25, -0.2) is 0 Å². The SMILES string of the molecule is CCOc1cc(Br)c(/C=C(/C#N)C(=O)N[C@H](C)c2ccccc2)cc1OCC. The number of amides is 1. The lowest BCUT2D eigenvalue weighted by Crippen LogP contribution is -2.27. The fraction of sp³-hybridized carbons (Fsp3) is 0.273. The van der Waals surface area contributed by atoms with E-state index in [0.717, 1.165) is 5.56 Å². The van der Waals surface area contributed by atoms with E-state index >= 15 is 0 Å². The smallest absolute Gasteiger partial charge is 0.262 e. The molecule has 0 heterocycles. The Morgan fingerprint density at radius 2 is 1.79 bits per heavy atom. The van der Waals surface area contributed by atoms with Gasteiger partial charge in [-0.2, -0.15) is 5.26 Å². The molecular formula is C22H23BrN2O3. The monoisotopic (exact) mass is 442 g/mol. The zero-order valence-corrected chi connectivity index (χ0v) is 17.7. The van der Waals surface area contributed by atoms with Crippen molar-refractivity contribution < 1.29 is 14.3 Å². The molecule has 28 heavy (non-hydrogen) atoms. The Labute approximate surface area is 174 Å². The van der Waals surface area contributed by atoms with Gasteiger partial charge in [0, 0.05) is 4.47 Å². The Morgan fingerprint density at radius 1 is 1.18 bits per heavy atom. The second kappa shape index (κ2) is 10.5. The van der Waals surface area contributed by atoms with E-state index in [9.17, 15) is 10.1 Å². The average molecular weight is 443 g/mol. The Hall–Kier alpha value is -2.78. The Balaban J connectivity index is 2.29. The Bertz CT molecular complexity index is 889. The van der Waals surface area contributed by atoms with Crippen LogP contribution in [0.15, 0.2) is 52.5 Å². The molecular weight excluding hydrogens is 420 g/mol. The van der Waals surface area contributed by atoms with E-state index in [1.165, 1.54) is 6.08 Å². The van der Waals surface area contributed by atoms with E-state index < -0.39 is 5.91 Å². The molecule has 6 heteroatoms. The molecule has 2 aromatic rings. The topological polar surface area (TPSA) is 71.3 Å². The molecule has 0 aliphatic heterocycles. The first-order chi connectivity index (χ1) is 13.5. The van der Waals surface area contributed by atoms with Crippen LogP contribution in [-0.4, -0.2) is 19.1 Å².